The summed E-state index contributed by atoms with van der Waals surface area (Å²) >= 11 is 0. The molecule has 1 fully saturated rings. The molecule has 1 aliphatic heterocycles. The topological polar surface area (TPSA) is 30.5 Å². The van der Waals surface area contributed by atoms with E-state index < -0.39 is 0 Å². The molecule has 3 nitrogen and oxygen atoms in total. The summed E-state index contributed by atoms with van der Waals surface area (Å²) < 4.78 is 10.8. The van der Waals surface area contributed by atoms with Crippen molar-refractivity contribution in [2.75, 3.05) is 33.9 Å². The van der Waals surface area contributed by atoms with Crippen molar-refractivity contribution in [3.05, 3.63) is 29.3 Å². The summed E-state index contributed by atoms with van der Waals surface area (Å²) in [5.74, 6) is 2.20. The molecule has 3 heteroatoms. The largest absolute Gasteiger partial charge is 0.496 e. The third-order valence-corrected chi connectivity index (χ3v) is 3.60. The maximum absolute atomic E-state index is 5.50. The van der Waals surface area contributed by atoms with E-state index in [4.69, 9.17) is 9.47 Å². The highest BCUT2D eigenvalue weighted by Gasteiger charge is 2.25. The van der Waals surface area contributed by atoms with Crippen LogP contribution >= 0.6 is 0 Å². The molecule has 1 aromatic rings. The number of hydrogen-bond donors (Lipinski definition) is 1. The Morgan fingerprint density at radius 3 is 2.78 bits per heavy atom. The fourth-order valence-corrected chi connectivity index (χ4v) is 2.56. The molecular formula is C15H23NO2. The number of aryl methyl sites for hydroxylation is 1. The SMILES string of the molecule is CNCC(CC1COC1)c1cc(C)ccc1OC. The molecule has 100 valence electrons. The Morgan fingerprint density at radius 2 is 2.22 bits per heavy atom. The minimum absolute atomic E-state index is 0.499. The van der Waals surface area contributed by atoms with E-state index >= 15 is 0 Å². The van der Waals surface area contributed by atoms with Gasteiger partial charge in [0, 0.05) is 18.4 Å². The molecule has 1 aliphatic rings. The van der Waals surface area contributed by atoms with Crippen molar-refractivity contribution in [3.8, 4) is 5.75 Å². The highest BCUT2D eigenvalue weighted by molar-refractivity contribution is 5.39. The molecule has 1 saturated heterocycles. The van der Waals surface area contributed by atoms with E-state index in [9.17, 15) is 0 Å². The minimum atomic E-state index is 0.499. The monoisotopic (exact) mass is 249 g/mol. The summed E-state index contributed by atoms with van der Waals surface area (Å²) in [7, 11) is 3.75. The highest BCUT2D eigenvalue weighted by atomic mass is 16.5. The van der Waals surface area contributed by atoms with E-state index in [1.54, 1.807) is 7.11 Å². The minimum Gasteiger partial charge on any atom is -0.496 e. The molecule has 0 bridgehead atoms. The van der Waals surface area contributed by atoms with Crippen LogP contribution in [0.1, 0.15) is 23.5 Å². The van der Waals surface area contributed by atoms with Crippen molar-refractivity contribution < 1.29 is 9.47 Å². The van der Waals surface area contributed by atoms with Crippen LogP contribution < -0.4 is 10.1 Å². The van der Waals surface area contributed by atoms with Gasteiger partial charge in [0.25, 0.3) is 0 Å². The Labute approximate surface area is 109 Å². The standard InChI is InChI=1S/C15H23NO2/c1-11-4-5-15(17-3)14(6-11)13(8-16-2)7-12-9-18-10-12/h4-6,12-13,16H,7-10H2,1-3H3. The number of hydrogen-bond acceptors (Lipinski definition) is 3. The lowest BCUT2D eigenvalue weighted by atomic mass is 9.86. The Bertz CT molecular complexity index is 388. The molecule has 0 saturated carbocycles. The van der Waals surface area contributed by atoms with Crippen LogP contribution in [-0.2, 0) is 4.74 Å². The summed E-state index contributed by atoms with van der Waals surface area (Å²) in [6.45, 7) is 4.94. The molecule has 0 radical (unpaired) electrons. The van der Waals surface area contributed by atoms with E-state index in [-0.39, 0.29) is 0 Å². The van der Waals surface area contributed by atoms with Crippen LogP contribution in [0.3, 0.4) is 0 Å². The van der Waals surface area contributed by atoms with E-state index in [1.165, 1.54) is 17.5 Å². The van der Waals surface area contributed by atoms with Crippen LogP contribution in [0.15, 0.2) is 18.2 Å². The van der Waals surface area contributed by atoms with Gasteiger partial charge in [0.05, 0.1) is 20.3 Å². The molecule has 1 aromatic carbocycles. The van der Waals surface area contributed by atoms with Crippen LogP contribution in [0.5, 0.6) is 5.75 Å². The van der Waals surface area contributed by atoms with E-state index in [1.807, 2.05) is 7.05 Å². The van der Waals surface area contributed by atoms with Crippen molar-refractivity contribution in [1.29, 1.82) is 0 Å². The summed E-state index contributed by atoms with van der Waals surface area (Å²) in [5, 5.41) is 3.29. The predicted molar refractivity (Wildman–Crippen MR) is 73.3 cm³/mol. The summed E-state index contributed by atoms with van der Waals surface area (Å²) in [6.07, 6.45) is 1.17. The van der Waals surface area contributed by atoms with Crippen LogP contribution in [0.2, 0.25) is 0 Å². The second kappa shape index (κ2) is 6.21. The van der Waals surface area contributed by atoms with Gasteiger partial charge in [-0.05, 0) is 32.0 Å². The van der Waals surface area contributed by atoms with Crippen LogP contribution in [-0.4, -0.2) is 33.9 Å². The lowest BCUT2D eigenvalue weighted by Crippen LogP contribution is -2.31. The van der Waals surface area contributed by atoms with Crippen LogP contribution in [0, 0.1) is 12.8 Å². The van der Waals surface area contributed by atoms with Crippen LogP contribution in [0.4, 0.5) is 0 Å². The third kappa shape index (κ3) is 3.03. The molecule has 0 amide bonds. The number of rotatable bonds is 6. The van der Waals surface area contributed by atoms with E-state index in [0.29, 0.717) is 11.8 Å². The van der Waals surface area contributed by atoms with Crippen molar-refractivity contribution in [2.45, 2.75) is 19.3 Å². The van der Waals surface area contributed by atoms with Crippen LogP contribution in [0.25, 0.3) is 0 Å². The lowest BCUT2D eigenvalue weighted by molar-refractivity contribution is -0.0385. The molecular weight excluding hydrogens is 226 g/mol. The Morgan fingerprint density at radius 1 is 1.44 bits per heavy atom. The fourth-order valence-electron chi connectivity index (χ4n) is 2.56. The van der Waals surface area contributed by atoms with Crippen molar-refractivity contribution >= 4 is 0 Å². The van der Waals surface area contributed by atoms with E-state index in [2.05, 4.69) is 30.4 Å². The maximum atomic E-state index is 5.50. The molecule has 0 spiro atoms. The van der Waals surface area contributed by atoms with Crippen molar-refractivity contribution in [2.24, 2.45) is 5.92 Å². The average Bonchev–Trinajstić information content (AvgIpc) is 2.32. The molecule has 1 heterocycles. The molecule has 1 unspecified atom stereocenters. The second-order valence-corrected chi connectivity index (χ2v) is 5.14. The van der Waals surface area contributed by atoms with E-state index in [0.717, 1.165) is 25.5 Å². The van der Waals surface area contributed by atoms with Crippen molar-refractivity contribution in [1.82, 2.24) is 5.32 Å². The molecule has 18 heavy (non-hydrogen) atoms. The molecule has 1 atom stereocenters. The third-order valence-electron chi connectivity index (χ3n) is 3.60. The predicted octanol–water partition coefficient (Wildman–Crippen LogP) is 2.34. The van der Waals surface area contributed by atoms with Gasteiger partial charge in [0.1, 0.15) is 5.75 Å². The van der Waals surface area contributed by atoms with Gasteiger partial charge in [-0.2, -0.15) is 0 Å². The smallest absolute Gasteiger partial charge is 0.122 e. The van der Waals surface area contributed by atoms with Gasteiger partial charge in [0.15, 0.2) is 0 Å². The van der Waals surface area contributed by atoms with Gasteiger partial charge in [-0.3, -0.25) is 0 Å². The number of benzene rings is 1. The summed E-state index contributed by atoms with van der Waals surface area (Å²) in [4.78, 5) is 0. The van der Waals surface area contributed by atoms with Gasteiger partial charge in [-0.25, -0.2) is 0 Å². The van der Waals surface area contributed by atoms with Gasteiger partial charge < -0.3 is 14.8 Å². The number of methoxy groups -OCH3 is 1. The maximum Gasteiger partial charge on any atom is 0.122 e. The zero-order valence-electron chi connectivity index (χ0n) is 11.5. The molecule has 1 N–H and O–H groups in total. The Hall–Kier alpha value is -1.06. The van der Waals surface area contributed by atoms with Gasteiger partial charge in [-0.1, -0.05) is 17.7 Å². The lowest BCUT2D eigenvalue weighted by Gasteiger charge is -2.30. The average molecular weight is 249 g/mol. The zero-order valence-corrected chi connectivity index (χ0v) is 11.5. The first-order valence-electron chi connectivity index (χ1n) is 6.61. The number of likely N-dealkylation sites (N-methyl/N-ethyl adjacent to an activating group) is 1. The Balaban J connectivity index is 2.19. The first-order valence-corrected chi connectivity index (χ1v) is 6.61. The second-order valence-electron chi connectivity index (χ2n) is 5.14. The molecule has 0 aliphatic carbocycles. The quantitative estimate of drug-likeness (QED) is 0.839. The van der Waals surface area contributed by atoms with Crippen molar-refractivity contribution in [3.63, 3.8) is 0 Å². The summed E-state index contributed by atoms with van der Waals surface area (Å²) in [5.41, 5.74) is 2.61. The Kier molecular flexibility index (Phi) is 4.61. The normalized spacial score (nSPS) is 17.3. The van der Waals surface area contributed by atoms with Gasteiger partial charge in [0.2, 0.25) is 0 Å². The first-order chi connectivity index (χ1) is 8.74. The van der Waals surface area contributed by atoms with Gasteiger partial charge in [-0.15, -0.1) is 0 Å². The summed E-state index contributed by atoms with van der Waals surface area (Å²) in [6, 6.07) is 6.43. The first kappa shape index (κ1) is 13.4. The zero-order chi connectivity index (χ0) is 13.0. The molecule has 0 aromatic heterocycles. The molecule has 2 rings (SSSR count). The van der Waals surface area contributed by atoms with Gasteiger partial charge >= 0.3 is 0 Å². The number of ether oxygens (including phenoxy) is 2. The highest BCUT2D eigenvalue weighted by Crippen LogP contribution is 2.33. The fraction of sp³-hybridized carbons (Fsp3) is 0.600. The number of nitrogens with one attached hydrogen (secondary N) is 1.